The van der Waals surface area contributed by atoms with E-state index in [1.54, 1.807) is 31.5 Å². The first-order valence-electron chi connectivity index (χ1n) is 8.48. The zero-order valence-electron chi connectivity index (χ0n) is 15.1. The van der Waals surface area contributed by atoms with Crippen LogP contribution in [0.2, 0.25) is 0 Å². The fourth-order valence-corrected chi connectivity index (χ4v) is 4.30. The van der Waals surface area contributed by atoms with Crippen LogP contribution >= 0.6 is 22.6 Å². The van der Waals surface area contributed by atoms with Gasteiger partial charge in [0.25, 0.3) is 5.56 Å². The van der Waals surface area contributed by atoms with Gasteiger partial charge in [-0.3, -0.25) is 9.59 Å². The molecule has 6 nitrogen and oxygen atoms in total. The fourth-order valence-electron chi connectivity index (χ4n) is 3.30. The van der Waals surface area contributed by atoms with E-state index in [1.165, 1.54) is 22.6 Å². The van der Waals surface area contributed by atoms with Gasteiger partial charge in [0, 0.05) is 53.9 Å². The Morgan fingerprint density at radius 2 is 2.07 bits per heavy atom. The van der Waals surface area contributed by atoms with Crippen LogP contribution < -0.4 is 15.2 Å². The Labute approximate surface area is 170 Å². The van der Waals surface area contributed by atoms with Crippen molar-refractivity contribution in [3.63, 3.8) is 0 Å². The molecular weight excluding hydrogens is 466 g/mol. The van der Waals surface area contributed by atoms with E-state index in [9.17, 15) is 14.0 Å². The van der Waals surface area contributed by atoms with Crippen LogP contribution in [0.3, 0.4) is 0 Å². The van der Waals surface area contributed by atoms with E-state index in [-0.39, 0.29) is 30.3 Å². The predicted octanol–water partition coefficient (Wildman–Crippen LogP) is 2.77. The summed E-state index contributed by atoms with van der Waals surface area (Å²) in [6, 6.07) is 6.42. The smallest absolute Gasteiger partial charge is 0.274 e. The van der Waals surface area contributed by atoms with Gasteiger partial charge in [-0.15, -0.1) is 0 Å². The highest BCUT2D eigenvalue weighted by Gasteiger charge is 2.35. The highest BCUT2D eigenvalue weighted by atomic mass is 127. The Balaban J connectivity index is 1.90. The molecule has 3 rings (SSSR count). The molecule has 0 N–H and O–H groups in total. The molecule has 1 amide bonds. The first-order chi connectivity index (χ1) is 13.0. The molecule has 0 saturated carbocycles. The number of benzene rings is 1. The molecule has 1 atom stereocenters. The molecule has 1 saturated heterocycles. The molecule has 2 heterocycles. The number of carbonyl (C=O) groups excluding carboxylic acids is 1. The number of nitrogens with zero attached hydrogens (tertiary/aromatic N) is 2. The minimum atomic E-state index is -0.399. The number of halogens is 2. The number of hydrogen-bond acceptors (Lipinski definition) is 4. The standard InChI is InChI=1S/C19H20FIN2O4/c1-26-7-6-22-5-3-4-16(19(22)25)23-11-12(8-17(23)24)18-14(20)9-13(27-2)10-15(18)21/h3-5,9-10,12H,6-8,11H2,1-2H3/t12-/m0/s1. The van der Waals surface area contributed by atoms with Crippen LogP contribution in [0.15, 0.2) is 35.3 Å². The summed E-state index contributed by atoms with van der Waals surface area (Å²) in [5.74, 6) is -0.468. The molecule has 0 aliphatic carbocycles. The molecule has 27 heavy (non-hydrogen) atoms. The molecule has 0 unspecified atom stereocenters. The maximum Gasteiger partial charge on any atom is 0.274 e. The van der Waals surface area contributed by atoms with E-state index in [0.29, 0.717) is 33.7 Å². The Hall–Kier alpha value is -1.94. The van der Waals surface area contributed by atoms with E-state index in [2.05, 4.69) is 22.6 Å². The third kappa shape index (κ3) is 4.01. The highest BCUT2D eigenvalue weighted by Crippen LogP contribution is 2.36. The summed E-state index contributed by atoms with van der Waals surface area (Å²) in [4.78, 5) is 26.7. The second kappa shape index (κ2) is 8.39. The topological polar surface area (TPSA) is 60.8 Å². The molecule has 1 aliphatic heterocycles. The van der Waals surface area contributed by atoms with Gasteiger partial charge in [0.2, 0.25) is 5.91 Å². The molecule has 1 aromatic heterocycles. The number of amides is 1. The number of methoxy groups -OCH3 is 2. The van der Waals surface area contributed by atoms with Gasteiger partial charge in [0.1, 0.15) is 17.3 Å². The Kier molecular flexibility index (Phi) is 6.15. The lowest BCUT2D eigenvalue weighted by molar-refractivity contribution is -0.117. The van der Waals surface area contributed by atoms with Crippen molar-refractivity contribution in [2.24, 2.45) is 0 Å². The number of anilines is 1. The summed E-state index contributed by atoms with van der Waals surface area (Å²) in [5, 5.41) is 0. The molecular formula is C19H20FIN2O4. The second-order valence-electron chi connectivity index (χ2n) is 6.29. The van der Waals surface area contributed by atoms with Gasteiger partial charge >= 0.3 is 0 Å². The number of pyridine rings is 1. The third-order valence-electron chi connectivity index (χ3n) is 4.65. The summed E-state index contributed by atoms with van der Waals surface area (Å²) in [7, 11) is 3.05. The summed E-state index contributed by atoms with van der Waals surface area (Å²) in [5.41, 5.74) is 0.543. The van der Waals surface area contributed by atoms with Gasteiger partial charge in [-0.05, 0) is 40.8 Å². The number of ether oxygens (including phenoxy) is 2. The fraction of sp³-hybridized carbons (Fsp3) is 0.368. The zero-order chi connectivity index (χ0) is 19.6. The van der Waals surface area contributed by atoms with Gasteiger partial charge in [-0.1, -0.05) is 0 Å². The Bertz CT molecular complexity index is 892. The van der Waals surface area contributed by atoms with E-state index < -0.39 is 5.82 Å². The largest absolute Gasteiger partial charge is 0.497 e. The Morgan fingerprint density at radius 1 is 1.30 bits per heavy atom. The van der Waals surface area contributed by atoms with Crippen molar-refractivity contribution in [3.8, 4) is 5.75 Å². The van der Waals surface area contributed by atoms with Gasteiger partial charge < -0.3 is 18.9 Å². The molecule has 0 radical (unpaired) electrons. The number of carbonyl (C=O) groups is 1. The van der Waals surface area contributed by atoms with Crippen LogP contribution in [-0.2, 0) is 16.1 Å². The molecule has 0 bridgehead atoms. The number of rotatable bonds is 6. The van der Waals surface area contributed by atoms with Crippen molar-refractivity contribution >= 4 is 34.2 Å². The SMILES string of the molecule is COCCn1cccc(N2C[C@@H](c3c(F)cc(OC)cc3I)CC2=O)c1=O. The summed E-state index contributed by atoms with van der Waals surface area (Å²) < 4.78 is 26.9. The molecule has 1 aromatic carbocycles. The lowest BCUT2D eigenvalue weighted by Crippen LogP contribution is -2.33. The zero-order valence-corrected chi connectivity index (χ0v) is 17.2. The van der Waals surface area contributed by atoms with Crippen molar-refractivity contribution in [1.29, 1.82) is 0 Å². The van der Waals surface area contributed by atoms with Gasteiger partial charge in [0.15, 0.2) is 0 Å². The van der Waals surface area contributed by atoms with Crippen molar-refractivity contribution in [2.45, 2.75) is 18.9 Å². The van der Waals surface area contributed by atoms with Crippen LogP contribution in [0.4, 0.5) is 10.1 Å². The second-order valence-corrected chi connectivity index (χ2v) is 7.46. The van der Waals surface area contributed by atoms with Gasteiger partial charge in [-0.25, -0.2) is 4.39 Å². The summed E-state index contributed by atoms with van der Waals surface area (Å²) in [6.07, 6.45) is 1.82. The molecule has 144 valence electrons. The third-order valence-corrected chi connectivity index (χ3v) is 5.54. The van der Waals surface area contributed by atoms with Crippen molar-refractivity contribution in [3.05, 3.63) is 55.8 Å². The van der Waals surface area contributed by atoms with Crippen LogP contribution in [0.1, 0.15) is 17.9 Å². The lowest BCUT2D eigenvalue weighted by atomic mass is 9.97. The maximum atomic E-state index is 14.6. The molecule has 0 spiro atoms. The molecule has 1 aliphatic rings. The van der Waals surface area contributed by atoms with E-state index in [0.717, 1.165) is 0 Å². The molecule has 1 fully saturated rings. The lowest BCUT2D eigenvalue weighted by Gasteiger charge is -2.18. The van der Waals surface area contributed by atoms with Gasteiger partial charge in [-0.2, -0.15) is 0 Å². The first kappa shape index (κ1) is 19.8. The predicted molar refractivity (Wildman–Crippen MR) is 108 cm³/mol. The van der Waals surface area contributed by atoms with E-state index in [4.69, 9.17) is 9.47 Å². The summed E-state index contributed by atoms with van der Waals surface area (Å²) >= 11 is 2.05. The van der Waals surface area contributed by atoms with Crippen LogP contribution in [0.25, 0.3) is 0 Å². The number of aromatic nitrogens is 1. The van der Waals surface area contributed by atoms with Crippen LogP contribution in [0.5, 0.6) is 5.75 Å². The minimum Gasteiger partial charge on any atom is -0.497 e. The van der Waals surface area contributed by atoms with Crippen molar-refractivity contribution in [1.82, 2.24) is 4.57 Å². The van der Waals surface area contributed by atoms with E-state index in [1.807, 2.05) is 0 Å². The van der Waals surface area contributed by atoms with Crippen molar-refractivity contribution in [2.75, 3.05) is 32.3 Å². The molecule has 8 heteroatoms. The quantitative estimate of drug-likeness (QED) is 0.590. The highest BCUT2D eigenvalue weighted by molar-refractivity contribution is 14.1. The summed E-state index contributed by atoms with van der Waals surface area (Å²) in [6.45, 7) is 1.07. The maximum absolute atomic E-state index is 14.6. The normalized spacial score (nSPS) is 16.8. The monoisotopic (exact) mass is 486 g/mol. The van der Waals surface area contributed by atoms with Crippen LogP contribution in [0, 0.1) is 9.39 Å². The van der Waals surface area contributed by atoms with E-state index >= 15 is 0 Å². The first-order valence-corrected chi connectivity index (χ1v) is 9.55. The average molecular weight is 486 g/mol. The molecule has 2 aromatic rings. The van der Waals surface area contributed by atoms with Crippen LogP contribution in [-0.4, -0.2) is 37.8 Å². The minimum absolute atomic E-state index is 0.158. The van der Waals surface area contributed by atoms with Gasteiger partial charge in [0.05, 0.1) is 13.7 Å². The average Bonchev–Trinajstić information content (AvgIpc) is 3.01. The Morgan fingerprint density at radius 3 is 2.74 bits per heavy atom. The van der Waals surface area contributed by atoms with Crippen molar-refractivity contribution < 1.29 is 18.7 Å². The number of hydrogen-bond donors (Lipinski definition) is 0.